The van der Waals surface area contributed by atoms with E-state index in [0.717, 1.165) is 37.3 Å². The highest BCUT2D eigenvalue weighted by Crippen LogP contribution is 2.41. The van der Waals surface area contributed by atoms with Crippen LogP contribution < -0.4 is 15.9 Å². The van der Waals surface area contributed by atoms with Crippen LogP contribution in [0.2, 0.25) is 18.1 Å². The highest BCUT2D eigenvalue weighted by molar-refractivity contribution is 6.74. The average Bonchev–Trinajstić information content (AvgIpc) is 3.28. The summed E-state index contributed by atoms with van der Waals surface area (Å²) in [7, 11) is -0.462. The third-order valence-electron chi connectivity index (χ3n) is 8.53. The Hall–Kier alpha value is -3.70. The number of amides is 1. The van der Waals surface area contributed by atoms with Crippen molar-refractivity contribution in [3.63, 3.8) is 0 Å². The first-order valence-corrected chi connectivity index (χ1v) is 17.1. The first-order chi connectivity index (χ1) is 19.7. The van der Waals surface area contributed by atoms with Gasteiger partial charge in [0, 0.05) is 24.1 Å². The van der Waals surface area contributed by atoms with Crippen LogP contribution in [0.25, 0.3) is 11.3 Å². The van der Waals surface area contributed by atoms with Crippen LogP contribution >= 0.6 is 0 Å². The number of halogens is 1. The molecule has 4 rings (SSSR count). The van der Waals surface area contributed by atoms with Gasteiger partial charge < -0.3 is 25.4 Å². The van der Waals surface area contributed by atoms with Gasteiger partial charge in [0.2, 0.25) is 0 Å². The molecule has 1 fully saturated rings. The monoisotopic (exact) mass is 596 g/mol. The maximum absolute atomic E-state index is 13.7. The second-order valence-corrected chi connectivity index (χ2v) is 17.2. The van der Waals surface area contributed by atoms with Crippen molar-refractivity contribution in [2.75, 3.05) is 13.0 Å². The van der Waals surface area contributed by atoms with Crippen molar-refractivity contribution in [3.8, 4) is 17.0 Å². The third-order valence-corrected chi connectivity index (χ3v) is 13.1. The molecule has 1 aliphatic rings. The van der Waals surface area contributed by atoms with Gasteiger partial charge in [-0.05, 0) is 67.6 Å². The van der Waals surface area contributed by atoms with Gasteiger partial charge in [-0.15, -0.1) is 0 Å². The summed E-state index contributed by atoms with van der Waals surface area (Å²) in [5.74, 6) is 5.05. The number of nitrogens with zero attached hydrogens (tertiary/aromatic N) is 2. The predicted octanol–water partition coefficient (Wildman–Crippen LogP) is 6.09. The fraction of sp³-hybridized carbons (Fsp3) is 0.452. The van der Waals surface area contributed by atoms with Gasteiger partial charge in [0.05, 0.1) is 12.7 Å². The predicted molar refractivity (Wildman–Crippen MR) is 162 cm³/mol. The van der Waals surface area contributed by atoms with E-state index in [9.17, 15) is 19.1 Å². The summed E-state index contributed by atoms with van der Waals surface area (Å²) >= 11 is 0. The van der Waals surface area contributed by atoms with Crippen LogP contribution in [0.1, 0.15) is 84.6 Å². The minimum atomic E-state index is -1.88. The number of carboxylic acid groups (broad SMARTS) is 1. The Balaban J connectivity index is 1.46. The average molecular weight is 597 g/mol. The molecule has 1 aliphatic carbocycles. The van der Waals surface area contributed by atoms with Crippen molar-refractivity contribution in [2.24, 2.45) is 0 Å². The first-order valence-electron chi connectivity index (χ1n) is 14.2. The number of rotatable bonds is 9. The van der Waals surface area contributed by atoms with E-state index in [-0.39, 0.29) is 40.6 Å². The van der Waals surface area contributed by atoms with Gasteiger partial charge >= 0.3 is 5.97 Å². The lowest BCUT2D eigenvalue weighted by Gasteiger charge is -2.41. The number of aromatic nitrogens is 2. The van der Waals surface area contributed by atoms with Crippen molar-refractivity contribution in [1.82, 2.24) is 15.0 Å². The number of methoxy groups -OCH3 is 1. The van der Waals surface area contributed by atoms with Crippen LogP contribution in [-0.2, 0) is 11.0 Å². The van der Waals surface area contributed by atoms with Crippen LogP contribution in [-0.4, -0.2) is 48.2 Å². The molecule has 42 heavy (non-hydrogen) atoms. The number of carboxylic acids is 1. The molecule has 11 heteroatoms. The molecule has 2 aromatic carbocycles. The van der Waals surface area contributed by atoms with Crippen LogP contribution in [0.4, 0.5) is 4.39 Å². The normalized spacial score (nSPS) is 17.6. The zero-order chi connectivity index (χ0) is 30.8. The van der Waals surface area contributed by atoms with E-state index in [1.165, 1.54) is 23.9 Å². The number of carbonyl (C=O) groups excluding carboxylic acids is 1. The minimum Gasteiger partial charge on any atom is -0.496 e. The Kier molecular flexibility index (Phi) is 9.12. The zero-order valence-electron chi connectivity index (χ0n) is 25.2. The number of nitrogen functional groups attached to an aromatic ring is 1. The number of hydrogen-bond acceptors (Lipinski definition) is 6. The Morgan fingerprint density at radius 2 is 1.76 bits per heavy atom. The van der Waals surface area contributed by atoms with Crippen molar-refractivity contribution >= 4 is 20.2 Å². The lowest BCUT2D eigenvalue weighted by atomic mass is 9.87. The molecule has 1 heterocycles. The van der Waals surface area contributed by atoms with E-state index >= 15 is 0 Å². The summed E-state index contributed by atoms with van der Waals surface area (Å²) in [5, 5.41) is 12.9. The standard InChI is InChI=1S/C31H41FN4O5Si/c1-31(2,3)42(5,6)41-23-14-11-21(12-15-23)28-35-26(27(30(38)39)36(28)33)20-9-7-19(8-10-20)18-34-29(37)24-17-22(32)13-16-25(24)40-4/h7-10,13,16-17,21,23H,11-12,14-15,18,33H2,1-6H3,(H,34,37)(H,38,39). The number of ether oxygens (including phenoxy) is 1. The van der Waals surface area contributed by atoms with Crippen molar-refractivity contribution < 1.29 is 28.2 Å². The van der Waals surface area contributed by atoms with E-state index in [0.29, 0.717) is 17.1 Å². The molecule has 1 saturated carbocycles. The number of imidazole rings is 1. The molecule has 9 nitrogen and oxygen atoms in total. The Morgan fingerprint density at radius 3 is 2.33 bits per heavy atom. The summed E-state index contributed by atoms with van der Waals surface area (Å²) in [6.07, 6.45) is 3.59. The van der Waals surface area contributed by atoms with Crippen LogP contribution in [0, 0.1) is 5.82 Å². The number of nitrogens with one attached hydrogen (secondary N) is 1. The summed E-state index contributed by atoms with van der Waals surface area (Å²) < 4.78 is 26.7. The van der Waals surface area contributed by atoms with Crippen molar-refractivity contribution in [3.05, 3.63) is 70.9 Å². The molecule has 0 unspecified atom stereocenters. The molecule has 0 aliphatic heterocycles. The molecule has 226 valence electrons. The summed E-state index contributed by atoms with van der Waals surface area (Å²) in [4.78, 5) is 29.6. The first kappa shape index (κ1) is 31.2. The molecule has 0 radical (unpaired) electrons. The molecule has 0 bridgehead atoms. The van der Waals surface area contributed by atoms with Gasteiger partial charge in [0.25, 0.3) is 5.91 Å². The molecule has 1 aromatic heterocycles. The summed E-state index contributed by atoms with van der Waals surface area (Å²) in [5.41, 5.74) is 1.71. The van der Waals surface area contributed by atoms with Gasteiger partial charge in [0.15, 0.2) is 14.0 Å². The Bertz CT molecular complexity index is 1440. The number of aromatic carboxylic acids is 1. The third kappa shape index (κ3) is 6.68. The maximum atomic E-state index is 13.7. The maximum Gasteiger partial charge on any atom is 0.356 e. The van der Waals surface area contributed by atoms with Gasteiger partial charge in [0.1, 0.15) is 23.1 Å². The number of benzene rings is 2. The van der Waals surface area contributed by atoms with Gasteiger partial charge in [-0.3, -0.25) is 4.79 Å². The summed E-state index contributed by atoms with van der Waals surface area (Å²) in [6.45, 7) is 11.4. The lowest BCUT2D eigenvalue weighted by molar-refractivity contribution is 0.0687. The van der Waals surface area contributed by atoms with Crippen LogP contribution in [0.5, 0.6) is 5.75 Å². The number of nitrogens with two attached hydrogens (primary N) is 1. The second kappa shape index (κ2) is 12.3. The molecule has 0 saturated heterocycles. The SMILES string of the molecule is COc1ccc(F)cc1C(=O)NCc1ccc(-c2nc(C3CCC(O[Si](C)(C)C(C)(C)C)CC3)n(N)c2C(=O)O)cc1. The van der Waals surface area contributed by atoms with Gasteiger partial charge in [-0.1, -0.05) is 45.0 Å². The molecule has 1 amide bonds. The summed E-state index contributed by atoms with van der Waals surface area (Å²) in [6, 6.07) is 10.8. The van der Waals surface area contributed by atoms with Crippen molar-refractivity contribution in [2.45, 2.75) is 83.2 Å². The molecular formula is C31H41FN4O5Si. The number of hydrogen-bond donors (Lipinski definition) is 3. The Morgan fingerprint density at radius 1 is 1.12 bits per heavy atom. The van der Waals surface area contributed by atoms with E-state index in [2.05, 4.69) is 39.2 Å². The van der Waals surface area contributed by atoms with Gasteiger partial charge in [-0.25, -0.2) is 18.8 Å². The van der Waals surface area contributed by atoms with Crippen molar-refractivity contribution in [1.29, 1.82) is 0 Å². The highest BCUT2D eigenvalue weighted by atomic mass is 28.4. The fourth-order valence-electron chi connectivity index (χ4n) is 5.09. The van der Waals surface area contributed by atoms with Crippen LogP contribution in [0.15, 0.2) is 42.5 Å². The fourth-order valence-corrected chi connectivity index (χ4v) is 6.51. The largest absolute Gasteiger partial charge is 0.496 e. The second-order valence-electron chi connectivity index (χ2n) is 12.4. The minimum absolute atomic E-state index is 0.0374. The molecule has 0 atom stereocenters. The quantitative estimate of drug-likeness (QED) is 0.201. The topological polar surface area (TPSA) is 129 Å². The van der Waals surface area contributed by atoms with Gasteiger partial charge in [-0.2, -0.15) is 0 Å². The highest BCUT2D eigenvalue weighted by Gasteiger charge is 2.40. The molecular weight excluding hydrogens is 555 g/mol. The molecule has 0 spiro atoms. The van der Waals surface area contributed by atoms with E-state index in [4.69, 9.17) is 20.0 Å². The lowest BCUT2D eigenvalue weighted by Crippen LogP contribution is -2.44. The zero-order valence-corrected chi connectivity index (χ0v) is 26.2. The van der Waals surface area contributed by atoms with E-state index in [1.54, 1.807) is 24.3 Å². The van der Waals surface area contributed by atoms with Crippen LogP contribution in [0.3, 0.4) is 0 Å². The molecule has 4 N–H and O–H groups in total. The molecule has 3 aromatic rings. The number of carbonyl (C=O) groups is 2. The Labute approximate surface area is 247 Å². The van der Waals surface area contributed by atoms with E-state index in [1.807, 2.05) is 0 Å². The smallest absolute Gasteiger partial charge is 0.356 e. The van der Waals surface area contributed by atoms with E-state index < -0.39 is 26.0 Å².